The van der Waals surface area contributed by atoms with Gasteiger partial charge in [-0.2, -0.15) is 0 Å². The normalized spacial score (nSPS) is 17.4. The third-order valence-corrected chi connectivity index (χ3v) is 4.63. The molecule has 0 saturated heterocycles. The predicted octanol–water partition coefficient (Wildman–Crippen LogP) is 5.91. The first-order valence-electron chi connectivity index (χ1n) is 7.54. The Bertz CT molecular complexity index is 146. The van der Waals surface area contributed by atoms with Crippen molar-refractivity contribution in [3.05, 3.63) is 0 Å². The fraction of sp³-hybridized carbons (Fsp3) is 1.00. The van der Waals surface area contributed by atoms with Gasteiger partial charge in [0.2, 0.25) is 0 Å². The number of hydrogen-bond acceptors (Lipinski definition) is 0. The fourth-order valence-corrected chi connectivity index (χ4v) is 2.51. The molecule has 16 heavy (non-hydrogen) atoms. The largest absolute Gasteiger partial charge is 0.0651 e. The lowest BCUT2D eigenvalue weighted by atomic mass is 9.82. The smallest absolute Gasteiger partial charge is 0.0414 e. The standard InChI is InChI=1S/C16H34/c1-7-13(4)12-15(6)14(5)10-11-16(8-2)9-3/h13-16H,7-12H2,1-6H3. The van der Waals surface area contributed by atoms with Crippen LogP contribution in [0, 0.1) is 23.7 Å². The maximum atomic E-state index is 2.45. The molecule has 0 N–H and O–H groups in total. The Morgan fingerprint density at radius 3 is 1.69 bits per heavy atom. The molecule has 0 aliphatic heterocycles. The van der Waals surface area contributed by atoms with Crippen LogP contribution in [0.2, 0.25) is 0 Å². The van der Waals surface area contributed by atoms with E-state index in [2.05, 4.69) is 41.5 Å². The molecule has 0 aromatic heterocycles. The zero-order valence-corrected chi connectivity index (χ0v) is 12.6. The van der Waals surface area contributed by atoms with E-state index in [1.54, 1.807) is 0 Å². The van der Waals surface area contributed by atoms with Gasteiger partial charge < -0.3 is 0 Å². The van der Waals surface area contributed by atoms with Crippen molar-refractivity contribution in [1.29, 1.82) is 0 Å². The molecule has 0 spiro atoms. The van der Waals surface area contributed by atoms with Gasteiger partial charge >= 0.3 is 0 Å². The van der Waals surface area contributed by atoms with Crippen molar-refractivity contribution in [2.75, 3.05) is 0 Å². The Morgan fingerprint density at radius 2 is 1.25 bits per heavy atom. The second kappa shape index (κ2) is 9.07. The SMILES string of the molecule is CCC(C)CC(C)C(C)CCC(CC)CC. The van der Waals surface area contributed by atoms with Gasteiger partial charge in [0, 0.05) is 0 Å². The molecule has 3 atom stereocenters. The molecule has 0 amide bonds. The Balaban J connectivity index is 3.81. The molecule has 98 valence electrons. The summed E-state index contributed by atoms with van der Waals surface area (Å²) < 4.78 is 0. The van der Waals surface area contributed by atoms with Crippen molar-refractivity contribution < 1.29 is 0 Å². The molecule has 0 fully saturated rings. The molecule has 0 heterocycles. The van der Waals surface area contributed by atoms with Gasteiger partial charge in [0.25, 0.3) is 0 Å². The van der Waals surface area contributed by atoms with Crippen LogP contribution in [-0.4, -0.2) is 0 Å². The van der Waals surface area contributed by atoms with Crippen LogP contribution >= 0.6 is 0 Å². The van der Waals surface area contributed by atoms with Crippen molar-refractivity contribution in [2.45, 2.75) is 80.1 Å². The predicted molar refractivity (Wildman–Crippen MR) is 75.7 cm³/mol. The highest BCUT2D eigenvalue weighted by atomic mass is 14.2. The summed E-state index contributed by atoms with van der Waals surface area (Å²) in [6, 6.07) is 0. The van der Waals surface area contributed by atoms with E-state index < -0.39 is 0 Å². The zero-order chi connectivity index (χ0) is 12.6. The topological polar surface area (TPSA) is 0 Å². The molecule has 0 nitrogen and oxygen atoms in total. The highest BCUT2D eigenvalue weighted by Gasteiger charge is 2.16. The van der Waals surface area contributed by atoms with E-state index in [-0.39, 0.29) is 0 Å². The van der Waals surface area contributed by atoms with E-state index in [1.165, 1.54) is 38.5 Å². The Morgan fingerprint density at radius 1 is 0.688 bits per heavy atom. The molecular weight excluding hydrogens is 192 g/mol. The van der Waals surface area contributed by atoms with Crippen molar-refractivity contribution in [3.8, 4) is 0 Å². The van der Waals surface area contributed by atoms with Crippen molar-refractivity contribution in [2.24, 2.45) is 23.7 Å². The second-order valence-electron chi connectivity index (χ2n) is 5.96. The Kier molecular flexibility index (Phi) is 9.07. The van der Waals surface area contributed by atoms with Gasteiger partial charge in [0.15, 0.2) is 0 Å². The van der Waals surface area contributed by atoms with Crippen molar-refractivity contribution >= 4 is 0 Å². The highest BCUT2D eigenvalue weighted by Crippen LogP contribution is 2.27. The first kappa shape index (κ1) is 16.0. The second-order valence-corrected chi connectivity index (χ2v) is 5.96. The molecule has 0 radical (unpaired) electrons. The molecule has 0 aromatic carbocycles. The monoisotopic (exact) mass is 226 g/mol. The highest BCUT2D eigenvalue weighted by molar-refractivity contribution is 4.67. The summed E-state index contributed by atoms with van der Waals surface area (Å²) in [4.78, 5) is 0. The lowest BCUT2D eigenvalue weighted by molar-refractivity contribution is 0.273. The average molecular weight is 226 g/mol. The maximum absolute atomic E-state index is 2.45. The number of rotatable bonds is 9. The maximum Gasteiger partial charge on any atom is -0.0414 e. The van der Waals surface area contributed by atoms with Gasteiger partial charge in [-0.1, -0.05) is 73.6 Å². The van der Waals surface area contributed by atoms with E-state index in [9.17, 15) is 0 Å². The summed E-state index contributed by atoms with van der Waals surface area (Å²) in [5, 5.41) is 0. The summed E-state index contributed by atoms with van der Waals surface area (Å²) in [5.74, 6) is 3.70. The summed E-state index contributed by atoms with van der Waals surface area (Å²) >= 11 is 0. The van der Waals surface area contributed by atoms with E-state index in [0.29, 0.717) is 0 Å². The molecule has 0 heteroatoms. The first-order valence-corrected chi connectivity index (χ1v) is 7.54. The average Bonchev–Trinajstić information content (AvgIpc) is 2.29. The summed E-state index contributed by atoms with van der Waals surface area (Å²) in [6.07, 6.45) is 8.36. The van der Waals surface area contributed by atoms with Crippen molar-refractivity contribution in [1.82, 2.24) is 0 Å². The van der Waals surface area contributed by atoms with Crippen LogP contribution < -0.4 is 0 Å². The van der Waals surface area contributed by atoms with E-state index in [1.807, 2.05) is 0 Å². The van der Waals surface area contributed by atoms with Gasteiger partial charge in [0.1, 0.15) is 0 Å². The van der Waals surface area contributed by atoms with E-state index in [0.717, 1.165) is 23.7 Å². The van der Waals surface area contributed by atoms with Gasteiger partial charge in [-0.05, 0) is 30.1 Å². The lowest BCUT2D eigenvalue weighted by Crippen LogP contribution is -2.13. The Labute approximate surface area is 104 Å². The molecule has 0 aromatic rings. The summed E-state index contributed by atoms with van der Waals surface area (Å²) in [5.41, 5.74) is 0. The molecule has 3 unspecified atom stereocenters. The molecule has 0 aliphatic rings. The third kappa shape index (κ3) is 6.55. The van der Waals surface area contributed by atoms with Crippen LogP contribution in [-0.2, 0) is 0 Å². The van der Waals surface area contributed by atoms with E-state index in [4.69, 9.17) is 0 Å². The van der Waals surface area contributed by atoms with Gasteiger partial charge in [0.05, 0.1) is 0 Å². The molecule has 0 rings (SSSR count). The molecule has 0 bridgehead atoms. The first-order chi connectivity index (χ1) is 7.54. The van der Waals surface area contributed by atoms with Gasteiger partial charge in [-0.3, -0.25) is 0 Å². The summed E-state index contributed by atoms with van der Waals surface area (Å²) in [6.45, 7) is 14.3. The minimum Gasteiger partial charge on any atom is -0.0651 e. The quantitative estimate of drug-likeness (QED) is 0.458. The summed E-state index contributed by atoms with van der Waals surface area (Å²) in [7, 11) is 0. The fourth-order valence-electron chi connectivity index (χ4n) is 2.51. The van der Waals surface area contributed by atoms with Gasteiger partial charge in [-0.25, -0.2) is 0 Å². The van der Waals surface area contributed by atoms with E-state index >= 15 is 0 Å². The number of hydrogen-bond donors (Lipinski definition) is 0. The zero-order valence-electron chi connectivity index (χ0n) is 12.6. The van der Waals surface area contributed by atoms with Crippen LogP contribution in [0.3, 0.4) is 0 Å². The van der Waals surface area contributed by atoms with Crippen LogP contribution in [0.5, 0.6) is 0 Å². The molecule has 0 saturated carbocycles. The van der Waals surface area contributed by atoms with Crippen LogP contribution in [0.25, 0.3) is 0 Å². The van der Waals surface area contributed by atoms with Crippen LogP contribution in [0.1, 0.15) is 80.1 Å². The van der Waals surface area contributed by atoms with Crippen LogP contribution in [0.15, 0.2) is 0 Å². The molecule has 0 aliphatic carbocycles. The van der Waals surface area contributed by atoms with Crippen LogP contribution in [0.4, 0.5) is 0 Å². The Hall–Kier alpha value is 0. The third-order valence-electron chi connectivity index (χ3n) is 4.63. The van der Waals surface area contributed by atoms with Crippen molar-refractivity contribution in [3.63, 3.8) is 0 Å². The van der Waals surface area contributed by atoms with Gasteiger partial charge in [-0.15, -0.1) is 0 Å². The lowest BCUT2D eigenvalue weighted by Gasteiger charge is -2.24. The minimum atomic E-state index is 0.907. The molecular formula is C16H34. The minimum absolute atomic E-state index is 0.907.